The lowest BCUT2D eigenvalue weighted by molar-refractivity contribution is -0.144. The highest BCUT2D eigenvalue weighted by Crippen LogP contribution is 2.53. The fourth-order valence-electron chi connectivity index (χ4n) is 6.45. The normalized spacial score (nSPS) is 22.8. The zero-order chi connectivity index (χ0) is 34.1. The van der Waals surface area contributed by atoms with E-state index in [4.69, 9.17) is 21.1 Å². The van der Waals surface area contributed by atoms with Gasteiger partial charge in [0, 0.05) is 35.8 Å². The van der Waals surface area contributed by atoms with Gasteiger partial charge < -0.3 is 9.47 Å². The summed E-state index contributed by atoms with van der Waals surface area (Å²) in [5.74, 6) is -7.84. The molecule has 2 fully saturated rings. The molecule has 4 heterocycles. The minimum absolute atomic E-state index is 0.0294. The predicted octanol–water partition coefficient (Wildman–Crippen LogP) is 7.79. The quantitative estimate of drug-likeness (QED) is 0.198. The molecule has 1 saturated carbocycles. The van der Waals surface area contributed by atoms with Crippen molar-refractivity contribution in [2.75, 3.05) is 13.1 Å². The third-order valence-electron chi connectivity index (χ3n) is 9.15. The zero-order valence-electron chi connectivity index (χ0n) is 25.3. The number of nitrogens with zero attached hydrogens (tertiary/aromatic N) is 5. The number of rotatable bonds is 7. The topological polar surface area (TPSA) is 100.0 Å². The molecule has 1 saturated heterocycles. The van der Waals surface area contributed by atoms with Gasteiger partial charge in [-0.1, -0.05) is 23.7 Å². The lowest BCUT2D eigenvalue weighted by Crippen LogP contribution is -2.47. The van der Waals surface area contributed by atoms with Gasteiger partial charge in [0.25, 0.3) is 11.7 Å². The van der Waals surface area contributed by atoms with Crippen molar-refractivity contribution in [3.8, 4) is 29.0 Å². The first-order valence-corrected chi connectivity index (χ1v) is 15.5. The number of H-pyrrole nitrogens is 1. The van der Waals surface area contributed by atoms with Crippen molar-refractivity contribution in [2.45, 2.75) is 63.0 Å². The van der Waals surface area contributed by atoms with Crippen LogP contribution in [0.25, 0.3) is 11.4 Å². The fourth-order valence-corrected chi connectivity index (χ4v) is 6.61. The summed E-state index contributed by atoms with van der Waals surface area (Å²) in [4.78, 5) is 9.55. The van der Waals surface area contributed by atoms with E-state index in [1.165, 1.54) is 25.3 Å². The van der Waals surface area contributed by atoms with Crippen molar-refractivity contribution in [1.29, 1.82) is 5.26 Å². The van der Waals surface area contributed by atoms with Crippen LogP contribution in [0.2, 0.25) is 5.02 Å². The van der Waals surface area contributed by atoms with Crippen molar-refractivity contribution in [3.63, 3.8) is 0 Å². The van der Waals surface area contributed by atoms with Gasteiger partial charge in [0.1, 0.15) is 5.82 Å². The first-order chi connectivity index (χ1) is 22.7. The number of nitriles is 1. The molecule has 2 atom stereocenters. The van der Waals surface area contributed by atoms with E-state index < -0.39 is 47.4 Å². The molecule has 2 aromatic carbocycles. The Morgan fingerprint density at radius 1 is 1.15 bits per heavy atom. The molecule has 15 heteroatoms. The number of ether oxygens (including phenoxy) is 2. The molecule has 4 aromatic rings. The number of fused-ring (bicyclic) bond motifs is 1. The SMILES string of the molecule is C[C@]1(c2ccc(Cl)cc2F)Oc2cccc([C@H]3CCN(Cc4ncc(-c5n[nH]c(C(F)(F)F)n5)cc4CC4(C#N)CC4)CC3(F)F)c2O1. The molecular weight excluding hydrogens is 662 g/mol. The van der Waals surface area contributed by atoms with Crippen LogP contribution in [0, 0.1) is 22.6 Å². The number of pyridine rings is 1. The molecule has 1 N–H and O–H groups in total. The number of halogens is 7. The number of alkyl halides is 5. The standard InChI is InChI=1S/C33H27ClF6N6O2/c1-30(23-6-5-20(34)12-24(23)35)47-26-4-2-3-21(27(26)48-30)22-7-10-46(17-32(22,36)37)15-25-18(13-31(16-41)8-9-31)11-19(14-42-25)28-43-29(45-44-28)33(38,39)40/h2-6,11-12,14,22H,7-10,13,15,17H2,1H3,(H,43,44,45)/t22-,30+/m1/s1. The number of hydrogen-bond acceptors (Lipinski definition) is 7. The van der Waals surface area contributed by atoms with E-state index in [0.717, 1.165) is 6.07 Å². The lowest BCUT2D eigenvalue weighted by Gasteiger charge is -2.39. The smallest absolute Gasteiger partial charge is 0.444 e. The molecule has 48 heavy (non-hydrogen) atoms. The molecule has 0 spiro atoms. The van der Waals surface area contributed by atoms with Crippen LogP contribution in [-0.4, -0.2) is 44.1 Å². The Balaban J connectivity index is 1.12. The summed E-state index contributed by atoms with van der Waals surface area (Å²) in [7, 11) is 0. The van der Waals surface area contributed by atoms with E-state index in [1.54, 1.807) is 29.2 Å². The minimum atomic E-state index is -4.72. The fraction of sp³-hybridized carbons (Fsp3) is 0.394. The van der Waals surface area contributed by atoms with Crippen molar-refractivity contribution < 1.29 is 35.8 Å². The minimum Gasteiger partial charge on any atom is -0.444 e. The highest BCUT2D eigenvalue weighted by Gasteiger charge is 2.50. The van der Waals surface area contributed by atoms with E-state index >= 15 is 8.78 Å². The van der Waals surface area contributed by atoms with Crippen LogP contribution in [0.3, 0.4) is 0 Å². The molecule has 7 rings (SSSR count). The van der Waals surface area contributed by atoms with Gasteiger partial charge in [-0.15, -0.1) is 0 Å². The Morgan fingerprint density at radius 3 is 2.60 bits per heavy atom. The summed E-state index contributed by atoms with van der Waals surface area (Å²) in [6.45, 7) is 1.18. The van der Waals surface area contributed by atoms with Crippen LogP contribution in [0.5, 0.6) is 11.5 Å². The average molecular weight is 689 g/mol. The van der Waals surface area contributed by atoms with E-state index in [2.05, 4.69) is 21.1 Å². The summed E-state index contributed by atoms with van der Waals surface area (Å²) in [5, 5.41) is 15.5. The summed E-state index contributed by atoms with van der Waals surface area (Å²) in [6, 6.07) is 12.7. The molecular formula is C33H27ClF6N6O2. The van der Waals surface area contributed by atoms with Crippen LogP contribution in [0.1, 0.15) is 60.3 Å². The largest absolute Gasteiger partial charge is 0.451 e. The number of hydrogen-bond donors (Lipinski definition) is 1. The van der Waals surface area contributed by atoms with E-state index in [0.29, 0.717) is 24.1 Å². The second-order valence-electron chi connectivity index (χ2n) is 12.7. The lowest BCUT2D eigenvalue weighted by atomic mass is 9.85. The molecule has 1 aliphatic carbocycles. The Bertz CT molecular complexity index is 1940. The van der Waals surface area contributed by atoms with Gasteiger partial charge in [-0.05, 0) is 68.1 Å². The number of benzene rings is 2. The highest BCUT2D eigenvalue weighted by atomic mass is 35.5. The number of aromatic nitrogens is 4. The van der Waals surface area contributed by atoms with Gasteiger partial charge in [-0.25, -0.2) is 18.2 Å². The number of para-hydroxylation sites is 1. The number of piperidine rings is 1. The Hall–Kier alpha value is -4.35. The molecule has 8 nitrogen and oxygen atoms in total. The third-order valence-corrected chi connectivity index (χ3v) is 9.38. The number of likely N-dealkylation sites (tertiary alicyclic amines) is 1. The Labute approximate surface area is 275 Å². The zero-order valence-corrected chi connectivity index (χ0v) is 26.1. The molecule has 3 aliphatic rings. The van der Waals surface area contributed by atoms with Gasteiger partial charge in [-0.3, -0.25) is 15.0 Å². The van der Waals surface area contributed by atoms with E-state index in [-0.39, 0.29) is 65.0 Å². The maximum atomic E-state index is 16.0. The maximum absolute atomic E-state index is 16.0. The van der Waals surface area contributed by atoms with Crippen LogP contribution < -0.4 is 9.47 Å². The van der Waals surface area contributed by atoms with Gasteiger partial charge in [0.2, 0.25) is 5.82 Å². The summed E-state index contributed by atoms with van der Waals surface area (Å²) in [5.41, 5.74) is 0.894. The maximum Gasteiger partial charge on any atom is 0.451 e. The van der Waals surface area contributed by atoms with Crippen molar-refractivity contribution in [3.05, 3.63) is 87.7 Å². The van der Waals surface area contributed by atoms with Crippen LogP contribution in [0.15, 0.2) is 48.7 Å². The highest BCUT2D eigenvalue weighted by molar-refractivity contribution is 6.30. The van der Waals surface area contributed by atoms with Crippen LogP contribution in [0.4, 0.5) is 26.3 Å². The molecule has 0 radical (unpaired) electrons. The molecule has 0 amide bonds. The molecule has 2 aromatic heterocycles. The molecule has 250 valence electrons. The molecule has 0 bridgehead atoms. The van der Waals surface area contributed by atoms with Crippen molar-refractivity contribution in [1.82, 2.24) is 25.1 Å². The Kier molecular flexibility index (Phi) is 7.63. The Morgan fingerprint density at radius 2 is 1.94 bits per heavy atom. The van der Waals surface area contributed by atoms with Crippen molar-refractivity contribution in [2.24, 2.45) is 5.41 Å². The molecule has 2 aliphatic heterocycles. The van der Waals surface area contributed by atoms with E-state index in [9.17, 15) is 22.8 Å². The third kappa shape index (κ3) is 5.94. The van der Waals surface area contributed by atoms with Gasteiger partial charge in [0.15, 0.2) is 17.3 Å². The average Bonchev–Trinajstić information content (AvgIpc) is 3.42. The molecule has 0 unspecified atom stereocenters. The van der Waals surface area contributed by atoms with Crippen LogP contribution in [-0.2, 0) is 24.9 Å². The van der Waals surface area contributed by atoms with Crippen molar-refractivity contribution >= 4 is 11.6 Å². The van der Waals surface area contributed by atoms with E-state index in [1.807, 2.05) is 5.10 Å². The van der Waals surface area contributed by atoms with Gasteiger partial charge >= 0.3 is 6.18 Å². The second kappa shape index (κ2) is 11.4. The first-order valence-electron chi connectivity index (χ1n) is 15.1. The number of nitrogens with one attached hydrogen (secondary N) is 1. The predicted molar refractivity (Wildman–Crippen MR) is 160 cm³/mol. The first kappa shape index (κ1) is 32.2. The second-order valence-corrected chi connectivity index (χ2v) is 13.1. The van der Waals surface area contributed by atoms with Gasteiger partial charge in [0.05, 0.1) is 35.2 Å². The van der Waals surface area contributed by atoms with Crippen LogP contribution >= 0.6 is 11.6 Å². The summed E-state index contributed by atoms with van der Waals surface area (Å²) >= 11 is 5.91. The summed E-state index contributed by atoms with van der Waals surface area (Å²) < 4.78 is 98.3. The summed E-state index contributed by atoms with van der Waals surface area (Å²) in [6.07, 6.45) is -1.80. The number of aromatic amines is 1. The van der Waals surface area contributed by atoms with Gasteiger partial charge in [-0.2, -0.15) is 23.5 Å². The monoisotopic (exact) mass is 688 g/mol.